The highest BCUT2D eigenvalue weighted by Gasteiger charge is 2.05. The Morgan fingerprint density at radius 3 is 2.65 bits per heavy atom. The van der Waals surface area contributed by atoms with Gasteiger partial charge in [-0.05, 0) is 17.7 Å². The predicted molar refractivity (Wildman–Crippen MR) is 75.2 cm³/mol. The molecule has 0 heterocycles. The van der Waals surface area contributed by atoms with E-state index in [4.69, 9.17) is 16.3 Å². The summed E-state index contributed by atoms with van der Waals surface area (Å²) in [5.74, 6) is -0.583. The summed E-state index contributed by atoms with van der Waals surface area (Å²) in [5, 5.41) is 2.73. The number of carbonyl (C=O) groups excluding carboxylic acids is 1. The van der Waals surface area contributed by atoms with Crippen LogP contribution in [0, 0.1) is 5.82 Å². The van der Waals surface area contributed by atoms with Gasteiger partial charge in [0.05, 0.1) is 5.02 Å². The highest BCUT2D eigenvalue weighted by molar-refractivity contribution is 6.30. The molecule has 0 aliphatic rings. The highest BCUT2D eigenvalue weighted by Crippen LogP contribution is 2.20. The molecule has 0 saturated carbocycles. The number of amides is 1. The van der Waals surface area contributed by atoms with Gasteiger partial charge in [-0.15, -0.1) is 0 Å². The summed E-state index contributed by atoms with van der Waals surface area (Å²) in [4.78, 5) is 11.6. The molecule has 0 bridgehead atoms. The molecule has 104 valence electrons. The van der Waals surface area contributed by atoms with Crippen LogP contribution in [0.1, 0.15) is 5.56 Å². The SMILES string of the molecule is O=C(COc1ccc(Cl)c(F)c1)NCc1ccccc1. The Balaban J connectivity index is 1.79. The number of ether oxygens (including phenoxy) is 1. The van der Waals surface area contributed by atoms with Crippen LogP contribution in [0.3, 0.4) is 0 Å². The fraction of sp³-hybridized carbons (Fsp3) is 0.133. The smallest absolute Gasteiger partial charge is 0.258 e. The average molecular weight is 294 g/mol. The van der Waals surface area contributed by atoms with Crippen molar-refractivity contribution in [2.24, 2.45) is 0 Å². The first kappa shape index (κ1) is 14.3. The van der Waals surface area contributed by atoms with Crippen LogP contribution >= 0.6 is 11.6 Å². The van der Waals surface area contributed by atoms with Gasteiger partial charge in [0.25, 0.3) is 5.91 Å². The zero-order chi connectivity index (χ0) is 14.4. The van der Waals surface area contributed by atoms with Crippen molar-refractivity contribution in [3.8, 4) is 5.75 Å². The summed E-state index contributed by atoms with van der Waals surface area (Å²) in [7, 11) is 0. The summed E-state index contributed by atoms with van der Waals surface area (Å²) in [6.07, 6.45) is 0. The number of nitrogens with one attached hydrogen (secondary N) is 1. The Bertz CT molecular complexity index is 590. The number of benzene rings is 2. The third-order valence-electron chi connectivity index (χ3n) is 2.59. The van der Waals surface area contributed by atoms with Gasteiger partial charge in [-0.1, -0.05) is 41.9 Å². The van der Waals surface area contributed by atoms with Crippen LogP contribution in [0.5, 0.6) is 5.75 Å². The van der Waals surface area contributed by atoms with Crippen molar-refractivity contribution >= 4 is 17.5 Å². The molecule has 0 atom stereocenters. The molecular formula is C15H13ClFNO2. The fourth-order valence-corrected chi connectivity index (χ4v) is 1.68. The van der Waals surface area contributed by atoms with Crippen molar-refractivity contribution in [3.05, 3.63) is 64.9 Å². The first-order valence-corrected chi connectivity index (χ1v) is 6.41. The molecule has 0 aliphatic heterocycles. The Kier molecular flexibility index (Phi) is 4.96. The largest absolute Gasteiger partial charge is 0.484 e. The maximum atomic E-state index is 13.2. The molecule has 0 unspecified atom stereocenters. The van der Waals surface area contributed by atoms with Gasteiger partial charge in [-0.2, -0.15) is 0 Å². The third kappa shape index (κ3) is 4.24. The number of halogens is 2. The second kappa shape index (κ2) is 6.91. The van der Waals surface area contributed by atoms with E-state index in [0.717, 1.165) is 11.6 Å². The van der Waals surface area contributed by atoms with Gasteiger partial charge in [0, 0.05) is 12.6 Å². The van der Waals surface area contributed by atoms with E-state index in [1.807, 2.05) is 30.3 Å². The molecule has 20 heavy (non-hydrogen) atoms. The van der Waals surface area contributed by atoms with Gasteiger partial charge in [0.1, 0.15) is 11.6 Å². The Morgan fingerprint density at radius 1 is 1.20 bits per heavy atom. The molecule has 0 fully saturated rings. The minimum absolute atomic E-state index is 0.0193. The molecule has 2 aromatic carbocycles. The normalized spacial score (nSPS) is 10.1. The van der Waals surface area contributed by atoms with Crippen LogP contribution < -0.4 is 10.1 Å². The van der Waals surface area contributed by atoms with Crippen LogP contribution in [-0.4, -0.2) is 12.5 Å². The van der Waals surface area contributed by atoms with Crippen molar-refractivity contribution in [3.63, 3.8) is 0 Å². The lowest BCUT2D eigenvalue weighted by molar-refractivity contribution is -0.123. The zero-order valence-corrected chi connectivity index (χ0v) is 11.4. The molecular weight excluding hydrogens is 281 g/mol. The predicted octanol–water partition coefficient (Wildman–Crippen LogP) is 3.17. The van der Waals surface area contributed by atoms with E-state index in [1.165, 1.54) is 12.1 Å². The third-order valence-corrected chi connectivity index (χ3v) is 2.90. The van der Waals surface area contributed by atoms with E-state index in [9.17, 15) is 9.18 Å². The van der Waals surface area contributed by atoms with E-state index in [1.54, 1.807) is 0 Å². The van der Waals surface area contributed by atoms with Crippen LogP contribution in [0.15, 0.2) is 48.5 Å². The van der Waals surface area contributed by atoms with Gasteiger partial charge >= 0.3 is 0 Å². The first-order valence-electron chi connectivity index (χ1n) is 6.03. The molecule has 0 saturated heterocycles. The monoisotopic (exact) mass is 293 g/mol. The molecule has 5 heteroatoms. The standard InChI is InChI=1S/C15H13ClFNO2/c16-13-7-6-12(8-14(13)17)20-10-15(19)18-9-11-4-2-1-3-5-11/h1-8H,9-10H2,(H,18,19). The van der Waals surface area contributed by atoms with Crippen LogP contribution in [0.25, 0.3) is 0 Å². The van der Waals surface area contributed by atoms with E-state index in [0.29, 0.717) is 6.54 Å². The lowest BCUT2D eigenvalue weighted by atomic mass is 10.2. The van der Waals surface area contributed by atoms with Crippen LogP contribution in [0.2, 0.25) is 5.02 Å². The van der Waals surface area contributed by atoms with E-state index >= 15 is 0 Å². The summed E-state index contributed by atoms with van der Waals surface area (Å²) in [6.45, 7) is 0.256. The molecule has 0 aliphatic carbocycles. The van der Waals surface area contributed by atoms with Gasteiger partial charge in [0.2, 0.25) is 0 Å². The maximum absolute atomic E-state index is 13.2. The lowest BCUT2D eigenvalue weighted by Crippen LogP contribution is -2.28. The second-order valence-electron chi connectivity index (χ2n) is 4.13. The maximum Gasteiger partial charge on any atom is 0.258 e. The number of hydrogen-bond acceptors (Lipinski definition) is 2. The summed E-state index contributed by atoms with van der Waals surface area (Å²) in [6, 6.07) is 13.6. The summed E-state index contributed by atoms with van der Waals surface area (Å²) in [5.41, 5.74) is 0.999. The molecule has 1 amide bonds. The summed E-state index contributed by atoms with van der Waals surface area (Å²) >= 11 is 5.55. The molecule has 3 nitrogen and oxygen atoms in total. The average Bonchev–Trinajstić information content (AvgIpc) is 2.47. The number of hydrogen-bond donors (Lipinski definition) is 1. The zero-order valence-electron chi connectivity index (χ0n) is 10.6. The van der Waals surface area contributed by atoms with Gasteiger partial charge in [0.15, 0.2) is 6.61 Å². The Labute approximate surface area is 121 Å². The molecule has 2 rings (SSSR count). The van der Waals surface area contributed by atoms with Gasteiger partial charge < -0.3 is 10.1 Å². The van der Waals surface area contributed by atoms with E-state index < -0.39 is 5.82 Å². The number of rotatable bonds is 5. The van der Waals surface area contributed by atoms with Crippen molar-refractivity contribution in [1.29, 1.82) is 0 Å². The van der Waals surface area contributed by atoms with Gasteiger partial charge in [-0.3, -0.25) is 4.79 Å². The van der Waals surface area contributed by atoms with Crippen molar-refractivity contribution in [2.45, 2.75) is 6.54 Å². The Morgan fingerprint density at radius 2 is 1.95 bits per heavy atom. The minimum Gasteiger partial charge on any atom is -0.484 e. The second-order valence-corrected chi connectivity index (χ2v) is 4.53. The lowest BCUT2D eigenvalue weighted by Gasteiger charge is -2.08. The van der Waals surface area contributed by atoms with E-state index in [2.05, 4.69) is 5.32 Å². The topological polar surface area (TPSA) is 38.3 Å². The van der Waals surface area contributed by atoms with Crippen molar-refractivity contribution in [2.75, 3.05) is 6.61 Å². The number of carbonyl (C=O) groups is 1. The van der Waals surface area contributed by atoms with Crippen molar-refractivity contribution in [1.82, 2.24) is 5.32 Å². The molecule has 0 aromatic heterocycles. The minimum atomic E-state index is -0.575. The van der Waals surface area contributed by atoms with Crippen LogP contribution in [0.4, 0.5) is 4.39 Å². The molecule has 2 aromatic rings. The van der Waals surface area contributed by atoms with Crippen molar-refractivity contribution < 1.29 is 13.9 Å². The summed E-state index contributed by atoms with van der Waals surface area (Å²) < 4.78 is 18.3. The van der Waals surface area contributed by atoms with Crippen LogP contribution in [-0.2, 0) is 11.3 Å². The Hall–Kier alpha value is -2.07. The quantitative estimate of drug-likeness (QED) is 0.919. The highest BCUT2D eigenvalue weighted by atomic mass is 35.5. The molecule has 0 radical (unpaired) electrons. The van der Waals surface area contributed by atoms with Gasteiger partial charge in [-0.25, -0.2) is 4.39 Å². The fourth-order valence-electron chi connectivity index (χ4n) is 1.56. The molecule has 1 N–H and O–H groups in total. The van der Waals surface area contributed by atoms with E-state index in [-0.39, 0.29) is 23.3 Å². The molecule has 0 spiro atoms. The first-order chi connectivity index (χ1) is 9.65.